The maximum atomic E-state index is 9.61. The monoisotopic (exact) mass is 282 g/mol. The van der Waals surface area contributed by atoms with Gasteiger partial charge < -0.3 is 15.3 Å². The normalized spacial score (nSPS) is 22.2. The zero-order chi connectivity index (χ0) is 14.4. The van der Waals surface area contributed by atoms with Crippen molar-refractivity contribution >= 4 is 0 Å². The molecule has 0 radical (unpaired) electrons. The van der Waals surface area contributed by atoms with Gasteiger partial charge >= 0.3 is 0 Å². The van der Waals surface area contributed by atoms with Crippen molar-refractivity contribution in [2.75, 3.05) is 26.2 Å². The van der Waals surface area contributed by atoms with Crippen LogP contribution < -0.4 is 5.32 Å². The number of hydrogen-bond acceptors (Lipinski definition) is 3. The van der Waals surface area contributed by atoms with E-state index in [1.807, 2.05) is 0 Å². The predicted octanol–water partition coefficient (Wildman–Crippen LogP) is 2.78. The topological polar surface area (TPSA) is 35.5 Å². The highest BCUT2D eigenvalue weighted by Crippen LogP contribution is 2.30. The summed E-state index contributed by atoms with van der Waals surface area (Å²) in [5.41, 5.74) is -0.0484. The Hall–Kier alpha value is -0.120. The Kier molecular flexibility index (Phi) is 6.31. The fraction of sp³-hybridized carbons (Fsp3) is 1.00. The molecule has 2 rings (SSSR count). The summed E-state index contributed by atoms with van der Waals surface area (Å²) in [4.78, 5) is 2.66. The minimum atomic E-state index is -0.0484. The molecule has 118 valence electrons. The first kappa shape index (κ1) is 16.3. The van der Waals surface area contributed by atoms with Crippen molar-refractivity contribution in [3.63, 3.8) is 0 Å². The number of rotatable bonds is 12. The van der Waals surface area contributed by atoms with E-state index >= 15 is 0 Å². The molecule has 1 atom stereocenters. The lowest BCUT2D eigenvalue weighted by Crippen LogP contribution is -2.47. The number of nitrogens with zero attached hydrogens (tertiary/aromatic N) is 1. The second-order valence-corrected chi connectivity index (χ2v) is 7.34. The van der Waals surface area contributed by atoms with Crippen LogP contribution in [0.3, 0.4) is 0 Å². The standard InChI is InChI=1S/C17H34N2O/c1-3-11-19(13-15-6-7-15)12-5-4-10-17(2,14-20)18-16-8-9-16/h15-16,18,20H,3-14H2,1-2H3. The third-order valence-corrected chi connectivity index (χ3v) is 4.68. The second kappa shape index (κ2) is 7.77. The highest BCUT2D eigenvalue weighted by molar-refractivity contribution is 4.92. The van der Waals surface area contributed by atoms with Gasteiger partial charge in [-0.15, -0.1) is 0 Å². The summed E-state index contributed by atoms with van der Waals surface area (Å²) in [6.45, 7) is 8.56. The van der Waals surface area contributed by atoms with Gasteiger partial charge in [0.05, 0.1) is 6.61 Å². The van der Waals surface area contributed by atoms with Gasteiger partial charge in [-0.2, -0.15) is 0 Å². The fourth-order valence-electron chi connectivity index (χ4n) is 3.04. The molecule has 0 heterocycles. The summed E-state index contributed by atoms with van der Waals surface area (Å²) in [6.07, 6.45) is 10.4. The summed E-state index contributed by atoms with van der Waals surface area (Å²) in [5.74, 6) is 1.00. The number of aliphatic hydroxyl groups excluding tert-OH is 1. The lowest BCUT2D eigenvalue weighted by Gasteiger charge is -2.29. The van der Waals surface area contributed by atoms with Crippen LogP contribution >= 0.6 is 0 Å². The van der Waals surface area contributed by atoms with E-state index in [0.717, 1.165) is 12.3 Å². The number of hydrogen-bond donors (Lipinski definition) is 2. The molecule has 0 aromatic carbocycles. The molecule has 2 aliphatic rings. The molecule has 3 nitrogen and oxygen atoms in total. The molecule has 0 amide bonds. The van der Waals surface area contributed by atoms with E-state index in [2.05, 4.69) is 24.1 Å². The summed E-state index contributed by atoms with van der Waals surface area (Å²) >= 11 is 0. The van der Waals surface area contributed by atoms with Crippen LogP contribution in [0.15, 0.2) is 0 Å². The lowest BCUT2D eigenvalue weighted by molar-refractivity contribution is 0.158. The van der Waals surface area contributed by atoms with Crippen molar-refractivity contribution in [2.24, 2.45) is 5.92 Å². The largest absolute Gasteiger partial charge is 0.394 e. The fourth-order valence-corrected chi connectivity index (χ4v) is 3.04. The van der Waals surface area contributed by atoms with Gasteiger partial charge in [-0.3, -0.25) is 0 Å². The third kappa shape index (κ3) is 6.11. The molecule has 3 heteroatoms. The SMILES string of the molecule is CCCN(CCCCC(C)(CO)NC1CC1)CC1CC1. The van der Waals surface area contributed by atoms with Crippen molar-refractivity contribution < 1.29 is 5.11 Å². The number of nitrogens with one attached hydrogen (secondary N) is 1. The van der Waals surface area contributed by atoms with Crippen LogP contribution in [-0.4, -0.2) is 47.8 Å². The quantitative estimate of drug-likeness (QED) is 0.540. The van der Waals surface area contributed by atoms with Crippen LogP contribution in [0.25, 0.3) is 0 Å². The smallest absolute Gasteiger partial charge is 0.0610 e. The average Bonchev–Trinajstić information content (AvgIpc) is 3.31. The van der Waals surface area contributed by atoms with Gasteiger partial charge in [0.1, 0.15) is 0 Å². The predicted molar refractivity (Wildman–Crippen MR) is 85.0 cm³/mol. The molecule has 0 aromatic heterocycles. The Morgan fingerprint density at radius 2 is 1.90 bits per heavy atom. The molecule has 20 heavy (non-hydrogen) atoms. The first-order valence-electron chi connectivity index (χ1n) is 8.76. The lowest BCUT2D eigenvalue weighted by atomic mass is 9.95. The molecule has 2 saturated carbocycles. The minimum Gasteiger partial charge on any atom is -0.394 e. The Morgan fingerprint density at radius 1 is 1.15 bits per heavy atom. The van der Waals surface area contributed by atoms with E-state index in [-0.39, 0.29) is 12.1 Å². The summed E-state index contributed by atoms with van der Waals surface area (Å²) in [6, 6.07) is 0.679. The highest BCUT2D eigenvalue weighted by atomic mass is 16.3. The Balaban J connectivity index is 1.59. The Morgan fingerprint density at radius 3 is 2.45 bits per heavy atom. The summed E-state index contributed by atoms with van der Waals surface area (Å²) in [7, 11) is 0. The van der Waals surface area contributed by atoms with Gasteiger partial charge in [-0.25, -0.2) is 0 Å². The van der Waals surface area contributed by atoms with Gasteiger partial charge in [0.15, 0.2) is 0 Å². The molecular formula is C17H34N2O. The van der Waals surface area contributed by atoms with Crippen molar-refractivity contribution in [2.45, 2.75) is 76.8 Å². The molecule has 2 fully saturated rings. The minimum absolute atomic E-state index is 0.0484. The average molecular weight is 282 g/mol. The van der Waals surface area contributed by atoms with Crippen molar-refractivity contribution in [1.29, 1.82) is 0 Å². The molecular weight excluding hydrogens is 248 g/mol. The van der Waals surface area contributed by atoms with E-state index in [4.69, 9.17) is 0 Å². The summed E-state index contributed by atoms with van der Waals surface area (Å²) < 4.78 is 0. The van der Waals surface area contributed by atoms with Gasteiger partial charge in [0.2, 0.25) is 0 Å². The van der Waals surface area contributed by atoms with Crippen LogP contribution in [0.1, 0.15) is 65.2 Å². The molecule has 1 unspecified atom stereocenters. The molecule has 0 spiro atoms. The number of unbranched alkanes of at least 4 members (excludes halogenated alkanes) is 1. The molecule has 0 bridgehead atoms. The van der Waals surface area contributed by atoms with Crippen molar-refractivity contribution in [1.82, 2.24) is 10.2 Å². The zero-order valence-electron chi connectivity index (χ0n) is 13.5. The van der Waals surface area contributed by atoms with Crippen LogP contribution in [0, 0.1) is 5.92 Å². The van der Waals surface area contributed by atoms with E-state index in [1.165, 1.54) is 64.6 Å². The van der Waals surface area contributed by atoms with Crippen molar-refractivity contribution in [3.8, 4) is 0 Å². The number of aliphatic hydroxyl groups is 1. The Labute approximate surface area is 125 Å². The van der Waals surface area contributed by atoms with Crippen LogP contribution in [0.5, 0.6) is 0 Å². The molecule has 2 aliphatic carbocycles. The van der Waals surface area contributed by atoms with E-state index in [0.29, 0.717) is 6.04 Å². The van der Waals surface area contributed by atoms with Crippen molar-refractivity contribution in [3.05, 3.63) is 0 Å². The molecule has 0 aromatic rings. The maximum absolute atomic E-state index is 9.61. The van der Waals surface area contributed by atoms with Crippen LogP contribution in [0.2, 0.25) is 0 Å². The molecule has 0 aliphatic heterocycles. The molecule has 2 N–H and O–H groups in total. The van der Waals surface area contributed by atoms with E-state index in [9.17, 15) is 5.11 Å². The summed E-state index contributed by atoms with van der Waals surface area (Å²) in [5, 5.41) is 13.2. The van der Waals surface area contributed by atoms with E-state index < -0.39 is 0 Å². The van der Waals surface area contributed by atoms with E-state index in [1.54, 1.807) is 0 Å². The molecule has 0 saturated heterocycles. The van der Waals surface area contributed by atoms with Gasteiger partial charge in [-0.05, 0) is 70.9 Å². The zero-order valence-corrected chi connectivity index (χ0v) is 13.5. The van der Waals surface area contributed by atoms with Crippen LogP contribution in [-0.2, 0) is 0 Å². The second-order valence-electron chi connectivity index (χ2n) is 7.34. The van der Waals surface area contributed by atoms with Gasteiger partial charge in [0, 0.05) is 18.1 Å². The van der Waals surface area contributed by atoms with Crippen LogP contribution in [0.4, 0.5) is 0 Å². The highest BCUT2D eigenvalue weighted by Gasteiger charge is 2.31. The first-order chi connectivity index (χ1) is 9.65. The maximum Gasteiger partial charge on any atom is 0.0610 e. The first-order valence-corrected chi connectivity index (χ1v) is 8.76. The Bertz CT molecular complexity index is 276. The van der Waals surface area contributed by atoms with Gasteiger partial charge in [-0.1, -0.05) is 13.3 Å². The third-order valence-electron chi connectivity index (χ3n) is 4.68. The van der Waals surface area contributed by atoms with Gasteiger partial charge in [0.25, 0.3) is 0 Å².